The molecule has 0 spiro atoms. The minimum Gasteiger partial charge on any atom is -0.336 e. The van der Waals surface area contributed by atoms with Crippen LogP contribution >= 0.6 is 11.6 Å². The van der Waals surface area contributed by atoms with Gasteiger partial charge in [-0.1, -0.05) is 55.3 Å². The minimum atomic E-state index is -0.00291. The van der Waals surface area contributed by atoms with Crippen LogP contribution in [0.3, 0.4) is 0 Å². The number of carbonyl (C=O) groups is 1. The summed E-state index contributed by atoms with van der Waals surface area (Å²) in [5.74, 6) is 0.640. The van der Waals surface area contributed by atoms with Gasteiger partial charge in [0.25, 0.3) is 5.91 Å². The van der Waals surface area contributed by atoms with Crippen LogP contribution in [-0.2, 0) is 6.54 Å². The molecule has 1 aromatic carbocycles. The molecular formula is C21H29ClN4O. The van der Waals surface area contributed by atoms with Crippen molar-refractivity contribution in [2.75, 3.05) is 32.7 Å². The predicted molar refractivity (Wildman–Crippen MR) is 109 cm³/mol. The summed E-state index contributed by atoms with van der Waals surface area (Å²) in [4.78, 5) is 17.4. The number of piperazine rings is 1. The fraction of sp³-hybridized carbons (Fsp3) is 0.524. The number of carbonyl (C=O) groups excluding carboxylic acids is 1. The molecule has 1 aliphatic heterocycles. The summed E-state index contributed by atoms with van der Waals surface area (Å²) in [6.45, 7) is 13.3. The highest BCUT2D eigenvalue weighted by Crippen LogP contribution is 2.23. The zero-order chi connectivity index (χ0) is 19.6. The van der Waals surface area contributed by atoms with Crippen LogP contribution in [0.5, 0.6) is 0 Å². The predicted octanol–water partition coefficient (Wildman–Crippen LogP) is 3.62. The Balaban J connectivity index is 1.70. The fourth-order valence-electron chi connectivity index (χ4n) is 3.58. The molecule has 0 radical (unpaired) electrons. The summed E-state index contributed by atoms with van der Waals surface area (Å²) < 4.78 is 1.73. The number of benzene rings is 1. The Hall–Kier alpha value is -1.85. The Morgan fingerprint density at radius 1 is 1.11 bits per heavy atom. The second kappa shape index (κ2) is 8.44. The van der Waals surface area contributed by atoms with Gasteiger partial charge in [0.05, 0.1) is 17.8 Å². The first-order valence-electron chi connectivity index (χ1n) is 9.65. The number of amides is 1. The van der Waals surface area contributed by atoms with Gasteiger partial charge in [-0.05, 0) is 25.3 Å². The highest BCUT2D eigenvalue weighted by molar-refractivity contribution is 6.33. The number of nitrogens with zero attached hydrogens (tertiary/aromatic N) is 4. The van der Waals surface area contributed by atoms with Crippen molar-refractivity contribution in [3.8, 4) is 0 Å². The molecule has 0 N–H and O–H groups in total. The molecule has 1 fully saturated rings. The highest BCUT2D eigenvalue weighted by atomic mass is 35.5. The molecule has 146 valence electrons. The van der Waals surface area contributed by atoms with Gasteiger partial charge in [-0.15, -0.1) is 0 Å². The fourth-order valence-corrected chi connectivity index (χ4v) is 3.89. The zero-order valence-corrected chi connectivity index (χ0v) is 17.5. The normalized spacial score (nSPS) is 15.6. The van der Waals surface area contributed by atoms with Gasteiger partial charge in [0.1, 0.15) is 5.15 Å². The molecule has 0 saturated carbocycles. The van der Waals surface area contributed by atoms with E-state index in [9.17, 15) is 4.79 Å². The summed E-state index contributed by atoms with van der Waals surface area (Å²) in [7, 11) is 0. The molecule has 1 saturated heterocycles. The van der Waals surface area contributed by atoms with Gasteiger partial charge in [0, 0.05) is 32.7 Å². The quantitative estimate of drug-likeness (QED) is 0.785. The number of hydrogen-bond donors (Lipinski definition) is 0. The molecular weight excluding hydrogens is 360 g/mol. The summed E-state index contributed by atoms with van der Waals surface area (Å²) in [5.41, 5.74) is 3.57. The SMILES string of the molecule is Cc1ccc(Cn2nc(C)c(C(=O)N3CCN(CC(C)C)CC3)c2Cl)cc1. The van der Waals surface area contributed by atoms with Crippen LogP contribution in [0, 0.1) is 19.8 Å². The molecule has 0 aliphatic carbocycles. The average Bonchev–Trinajstić information content (AvgIpc) is 2.90. The van der Waals surface area contributed by atoms with E-state index in [1.54, 1.807) is 4.68 Å². The summed E-state index contributed by atoms with van der Waals surface area (Å²) in [6.07, 6.45) is 0. The molecule has 1 aromatic heterocycles. The largest absolute Gasteiger partial charge is 0.336 e. The molecule has 27 heavy (non-hydrogen) atoms. The van der Waals surface area contributed by atoms with E-state index in [1.165, 1.54) is 5.56 Å². The van der Waals surface area contributed by atoms with Crippen LogP contribution in [-0.4, -0.2) is 58.2 Å². The van der Waals surface area contributed by atoms with E-state index in [-0.39, 0.29) is 5.91 Å². The van der Waals surface area contributed by atoms with Gasteiger partial charge >= 0.3 is 0 Å². The Morgan fingerprint density at radius 3 is 2.33 bits per heavy atom. The smallest absolute Gasteiger partial charge is 0.258 e. The molecule has 5 nitrogen and oxygen atoms in total. The lowest BCUT2D eigenvalue weighted by Gasteiger charge is -2.35. The third kappa shape index (κ3) is 4.71. The van der Waals surface area contributed by atoms with Gasteiger partial charge in [-0.25, -0.2) is 4.68 Å². The van der Waals surface area contributed by atoms with Crippen LogP contribution in [0.25, 0.3) is 0 Å². The molecule has 2 aromatic rings. The van der Waals surface area contributed by atoms with Crippen molar-refractivity contribution < 1.29 is 4.79 Å². The Bertz CT molecular complexity index is 789. The maximum Gasteiger partial charge on any atom is 0.258 e. The van der Waals surface area contributed by atoms with E-state index in [4.69, 9.17) is 11.6 Å². The van der Waals surface area contributed by atoms with Crippen molar-refractivity contribution >= 4 is 17.5 Å². The van der Waals surface area contributed by atoms with Gasteiger partial charge in [0.15, 0.2) is 0 Å². The number of halogens is 1. The van der Waals surface area contributed by atoms with Crippen molar-refractivity contribution in [1.82, 2.24) is 19.6 Å². The number of aromatic nitrogens is 2. The van der Waals surface area contributed by atoms with E-state index in [0.717, 1.165) is 38.3 Å². The topological polar surface area (TPSA) is 41.4 Å². The lowest BCUT2D eigenvalue weighted by atomic mass is 10.1. The minimum absolute atomic E-state index is 0.00291. The maximum absolute atomic E-state index is 13.1. The third-order valence-corrected chi connectivity index (χ3v) is 5.40. The maximum atomic E-state index is 13.1. The van der Waals surface area contributed by atoms with E-state index in [1.807, 2.05) is 11.8 Å². The second-order valence-corrected chi connectivity index (χ2v) is 8.24. The Morgan fingerprint density at radius 2 is 1.74 bits per heavy atom. The van der Waals surface area contributed by atoms with E-state index in [2.05, 4.69) is 55.0 Å². The molecule has 6 heteroatoms. The number of aryl methyl sites for hydroxylation is 2. The summed E-state index contributed by atoms with van der Waals surface area (Å²) >= 11 is 6.56. The molecule has 0 unspecified atom stereocenters. The van der Waals surface area contributed by atoms with Crippen LogP contribution in [0.15, 0.2) is 24.3 Å². The van der Waals surface area contributed by atoms with Crippen molar-refractivity contribution in [1.29, 1.82) is 0 Å². The lowest BCUT2D eigenvalue weighted by Crippen LogP contribution is -2.49. The van der Waals surface area contributed by atoms with Crippen LogP contribution in [0.2, 0.25) is 5.15 Å². The van der Waals surface area contributed by atoms with Gasteiger partial charge in [-0.2, -0.15) is 5.10 Å². The van der Waals surface area contributed by atoms with Crippen LogP contribution in [0.4, 0.5) is 0 Å². The van der Waals surface area contributed by atoms with E-state index < -0.39 is 0 Å². The van der Waals surface area contributed by atoms with Crippen molar-refractivity contribution in [3.63, 3.8) is 0 Å². The Labute approximate surface area is 166 Å². The monoisotopic (exact) mass is 388 g/mol. The van der Waals surface area contributed by atoms with Crippen molar-refractivity contribution in [2.24, 2.45) is 5.92 Å². The Kier molecular flexibility index (Phi) is 6.22. The standard InChI is InChI=1S/C21H29ClN4O/c1-15(2)13-24-9-11-25(12-10-24)21(27)19-17(4)23-26(20(19)22)14-18-7-5-16(3)6-8-18/h5-8,15H,9-14H2,1-4H3. The molecule has 0 bridgehead atoms. The van der Waals surface area contributed by atoms with Gasteiger partial charge in [-0.3, -0.25) is 9.69 Å². The van der Waals surface area contributed by atoms with Crippen LogP contribution < -0.4 is 0 Å². The molecule has 1 amide bonds. The number of rotatable bonds is 5. The zero-order valence-electron chi connectivity index (χ0n) is 16.7. The van der Waals surface area contributed by atoms with Crippen molar-refractivity contribution in [2.45, 2.75) is 34.2 Å². The third-order valence-electron chi connectivity index (χ3n) is 5.02. The molecule has 3 rings (SSSR count). The molecule has 0 atom stereocenters. The van der Waals surface area contributed by atoms with Gasteiger partial charge < -0.3 is 4.90 Å². The average molecular weight is 389 g/mol. The molecule has 2 heterocycles. The summed E-state index contributed by atoms with van der Waals surface area (Å²) in [6, 6.07) is 8.28. The lowest BCUT2D eigenvalue weighted by molar-refractivity contribution is 0.0623. The first kappa shape index (κ1) is 19.9. The van der Waals surface area contributed by atoms with Crippen molar-refractivity contribution in [3.05, 3.63) is 51.8 Å². The van der Waals surface area contributed by atoms with Gasteiger partial charge in [0.2, 0.25) is 0 Å². The van der Waals surface area contributed by atoms with E-state index in [0.29, 0.717) is 28.9 Å². The molecule has 1 aliphatic rings. The first-order valence-corrected chi connectivity index (χ1v) is 10.0. The highest BCUT2D eigenvalue weighted by Gasteiger charge is 2.28. The van der Waals surface area contributed by atoms with E-state index >= 15 is 0 Å². The summed E-state index contributed by atoms with van der Waals surface area (Å²) in [5, 5.41) is 4.96. The first-order chi connectivity index (χ1) is 12.8. The number of hydrogen-bond acceptors (Lipinski definition) is 3. The van der Waals surface area contributed by atoms with Crippen LogP contribution in [0.1, 0.15) is 41.0 Å². The second-order valence-electron chi connectivity index (χ2n) is 7.88.